The van der Waals surface area contributed by atoms with E-state index in [1.807, 2.05) is 0 Å². The third kappa shape index (κ3) is 5.36. The number of hydrogen-bond donors (Lipinski definition) is 1. The first-order chi connectivity index (χ1) is 10.7. The average molecular weight is 352 g/mol. The molecule has 130 valence electrons. The Kier molecular flexibility index (Phi) is 5.53. The number of alkyl halides is 3. The SMILES string of the molecule is NS(=O)(=O)c1ccc(OCCN2CCC[C@@H](C(F)(F)F)C2)cc1. The molecule has 1 aromatic carbocycles. The van der Waals surface area contributed by atoms with E-state index < -0.39 is 22.1 Å². The molecule has 1 heterocycles. The van der Waals surface area contributed by atoms with Crippen LogP contribution in [0.1, 0.15) is 12.8 Å². The number of hydrogen-bond acceptors (Lipinski definition) is 4. The van der Waals surface area contributed by atoms with Crippen molar-refractivity contribution in [1.29, 1.82) is 0 Å². The fourth-order valence-corrected chi connectivity index (χ4v) is 3.06. The Balaban J connectivity index is 1.81. The molecule has 9 heteroatoms. The molecular weight excluding hydrogens is 333 g/mol. The third-order valence-corrected chi connectivity index (χ3v) is 4.73. The highest BCUT2D eigenvalue weighted by atomic mass is 32.2. The van der Waals surface area contributed by atoms with E-state index in [4.69, 9.17) is 9.88 Å². The molecule has 5 nitrogen and oxygen atoms in total. The molecule has 1 aliphatic heterocycles. The van der Waals surface area contributed by atoms with E-state index in [1.54, 1.807) is 4.90 Å². The Morgan fingerprint density at radius 2 is 1.91 bits per heavy atom. The van der Waals surface area contributed by atoms with Gasteiger partial charge in [-0.05, 0) is 43.7 Å². The van der Waals surface area contributed by atoms with Crippen molar-refractivity contribution in [3.05, 3.63) is 24.3 Å². The van der Waals surface area contributed by atoms with Crippen LogP contribution in [0, 0.1) is 5.92 Å². The number of primary sulfonamides is 1. The number of ether oxygens (including phenoxy) is 1. The lowest BCUT2D eigenvalue weighted by atomic mass is 9.98. The quantitative estimate of drug-likeness (QED) is 0.880. The smallest absolute Gasteiger partial charge is 0.393 e. The van der Waals surface area contributed by atoms with Gasteiger partial charge in [-0.25, -0.2) is 13.6 Å². The predicted octanol–water partition coefficient (Wildman–Crippen LogP) is 1.99. The molecule has 0 spiro atoms. The molecule has 0 radical (unpaired) electrons. The number of benzene rings is 1. The van der Waals surface area contributed by atoms with Gasteiger partial charge in [-0.3, -0.25) is 4.90 Å². The molecular formula is C14H19F3N2O3S. The van der Waals surface area contributed by atoms with E-state index in [2.05, 4.69) is 0 Å². The minimum Gasteiger partial charge on any atom is -0.492 e. The largest absolute Gasteiger partial charge is 0.492 e. The van der Waals surface area contributed by atoms with Crippen LogP contribution in [-0.4, -0.2) is 45.7 Å². The van der Waals surface area contributed by atoms with Gasteiger partial charge in [-0.1, -0.05) is 0 Å². The number of piperidine rings is 1. The fourth-order valence-electron chi connectivity index (χ4n) is 2.54. The number of rotatable bonds is 5. The van der Waals surface area contributed by atoms with Crippen molar-refractivity contribution in [2.75, 3.05) is 26.2 Å². The van der Waals surface area contributed by atoms with E-state index in [0.29, 0.717) is 25.3 Å². The highest BCUT2D eigenvalue weighted by Crippen LogP contribution is 2.32. The van der Waals surface area contributed by atoms with Gasteiger partial charge < -0.3 is 4.74 Å². The van der Waals surface area contributed by atoms with Gasteiger partial charge in [-0.2, -0.15) is 13.2 Å². The van der Waals surface area contributed by atoms with Crippen LogP contribution in [0.15, 0.2) is 29.2 Å². The second-order valence-electron chi connectivity index (χ2n) is 5.55. The zero-order valence-electron chi connectivity index (χ0n) is 12.4. The Morgan fingerprint density at radius 1 is 1.26 bits per heavy atom. The molecule has 1 fully saturated rings. The Labute approximate surface area is 133 Å². The third-order valence-electron chi connectivity index (χ3n) is 3.80. The fraction of sp³-hybridized carbons (Fsp3) is 0.571. The minimum atomic E-state index is -4.15. The van der Waals surface area contributed by atoms with Crippen LogP contribution in [0.25, 0.3) is 0 Å². The molecule has 0 unspecified atom stereocenters. The highest BCUT2D eigenvalue weighted by Gasteiger charge is 2.41. The molecule has 23 heavy (non-hydrogen) atoms. The summed E-state index contributed by atoms with van der Waals surface area (Å²) in [5.41, 5.74) is 0. The molecule has 2 N–H and O–H groups in total. The number of likely N-dealkylation sites (tertiary alicyclic amines) is 1. The van der Waals surface area contributed by atoms with Gasteiger partial charge in [0.25, 0.3) is 0 Å². The number of nitrogens with two attached hydrogens (primary N) is 1. The van der Waals surface area contributed by atoms with Crippen LogP contribution >= 0.6 is 0 Å². The van der Waals surface area contributed by atoms with Gasteiger partial charge in [0.1, 0.15) is 12.4 Å². The van der Waals surface area contributed by atoms with Gasteiger partial charge >= 0.3 is 6.18 Å². The van der Waals surface area contributed by atoms with Crippen LogP contribution in [0.5, 0.6) is 5.75 Å². The lowest BCUT2D eigenvalue weighted by Crippen LogP contribution is -2.43. The van der Waals surface area contributed by atoms with Crippen molar-refractivity contribution in [3.8, 4) is 5.75 Å². The van der Waals surface area contributed by atoms with Crippen LogP contribution < -0.4 is 9.88 Å². The Hall–Kier alpha value is -1.32. The molecule has 0 aliphatic carbocycles. The normalized spacial score (nSPS) is 20.4. The second-order valence-corrected chi connectivity index (χ2v) is 7.11. The topological polar surface area (TPSA) is 72.6 Å². The highest BCUT2D eigenvalue weighted by molar-refractivity contribution is 7.89. The van der Waals surface area contributed by atoms with E-state index in [1.165, 1.54) is 24.3 Å². The Bertz CT molecular complexity index is 617. The van der Waals surface area contributed by atoms with Crippen molar-refractivity contribution >= 4 is 10.0 Å². The lowest BCUT2D eigenvalue weighted by Gasteiger charge is -2.33. The maximum absolute atomic E-state index is 12.7. The van der Waals surface area contributed by atoms with Crippen molar-refractivity contribution in [2.45, 2.75) is 23.9 Å². The molecule has 0 aromatic heterocycles. The van der Waals surface area contributed by atoms with E-state index in [0.717, 1.165) is 0 Å². The first-order valence-electron chi connectivity index (χ1n) is 7.21. The second kappa shape index (κ2) is 7.06. The molecule has 0 saturated carbocycles. The van der Waals surface area contributed by atoms with Crippen molar-refractivity contribution in [2.24, 2.45) is 11.1 Å². The van der Waals surface area contributed by atoms with Crippen molar-refractivity contribution in [1.82, 2.24) is 4.90 Å². The van der Waals surface area contributed by atoms with Gasteiger partial charge in [0, 0.05) is 13.1 Å². The van der Waals surface area contributed by atoms with Crippen LogP contribution in [-0.2, 0) is 10.0 Å². The molecule has 1 aliphatic rings. The molecule has 0 bridgehead atoms. The van der Waals surface area contributed by atoms with Gasteiger partial charge in [0.05, 0.1) is 10.8 Å². The number of sulfonamides is 1. The summed E-state index contributed by atoms with van der Waals surface area (Å²) < 4.78 is 65.8. The maximum Gasteiger partial charge on any atom is 0.393 e. The first kappa shape index (κ1) is 18.0. The van der Waals surface area contributed by atoms with Crippen LogP contribution in [0.2, 0.25) is 0 Å². The van der Waals surface area contributed by atoms with Crippen LogP contribution in [0.4, 0.5) is 13.2 Å². The zero-order valence-corrected chi connectivity index (χ0v) is 13.2. The van der Waals surface area contributed by atoms with Crippen LogP contribution in [0.3, 0.4) is 0 Å². The maximum atomic E-state index is 12.7. The monoisotopic (exact) mass is 352 g/mol. The number of nitrogens with zero attached hydrogens (tertiary/aromatic N) is 1. The Morgan fingerprint density at radius 3 is 2.48 bits per heavy atom. The van der Waals surface area contributed by atoms with E-state index in [9.17, 15) is 21.6 Å². The van der Waals surface area contributed by atoms with Crippen molar-refractivity contribution < 1.29 is 26.3 Å². The van der Waals surface area contributed by atoms with Gasteiger partial charge in [0.2, 0.25) is 10.0 Å². The minimum absolute atomic E-state index is 0.00276. The molecule has 2 rings (SSSR count). The molecule has 0 amide bonds. The molecule has 1 atom stereocenters. The summed E-state index contributed by atoms with van der Waals surface area (Å²) in [6.07, 6.45) is -3.45. The van der Waals surface area contributed by atoms with Crippen molar-refractivity contribution in [3.63, 3.8) is 0 Å². The summed E-state index contributed by atoms with van der Waals surface area (Å²) in [7, 11) is -3.75. The predicted molar refractivity (Wildman–Crippen MR) is 78.5 cm³/mol. The summed E-state index contributed by atoms with van der Waals surface area (Å²) in [6, 6.07) is 5.58. The van der Waals surface area contributed by atoms with Gasteiger partial charge in [-0.15, -0.1) is 0 Å². The zero-order chi connectivity index (χ0) is 17.1. The first-order valence-corrected chi connectivity index (χ1v) is 8.75. The lowest BCUT2D eigenvalue weighted by molar-refractivity contribution is -0.186. The van der Waals surface area contributed by atoms with E-state index in [-0.39, 0.29) is 24.5 Å². The van der Waals surface area contributed by atoms with E-state index >= 15 is 0 Å². The average Bonchev–Trinajstić information content (AvgIpc) is 2.46. The standard InChI is InChI=1S/C14H19F3N2O3S/c15-14(16,17)11-2-1-7-19(10-11)8-9-22-12-3-5-13(6-4-12)23(18,20)21/h3-6,11H,1-2,7-10H2,(H2,18,20,21)/t11-/m1/s1. The molecule has 1 saturated heterocycles. The summed E-state index contributed by atoms with van der Waals surface area (Å²) in [6.45, 7) is 1.25. The number of halogens is 3. The summed E-state index contributed by atoms with van der Waals surface area (Å²) >= 11 is 0. The summed E-state index contributed by atoms with van der Waals surface area (Å²) in [5, 5.41) is 4.99. The molecule has 1 aromatic rings. The summed E-state index contributed by atoms with van der Waals surface area (Å²) in [4.78, 5) is 1.72. The summed E-state index contributed by atoms with van der Waals surface area (Å²) in [5.74, 6) is -0.827. The van der Waals surface area contributed by atoms with Gasteiger partial charge in [0.15, 0.2) is 0 Å².